The van der Waals surface area contributed by atoms with Gasteiger partial charge in [-0.15, -0.1) is 0 Å². The van der Waals surface area contributed by atoms with E-state index in [0.717, 1.165) is 35.1 Å². The second-order valence-corrected chi connectivity index (χ2v) is 9.25. The van der Waals surface area contributed by atoms with E-state index in [9.17, 15) is 4.79 Å². The van der Waals surface area contributed by atoms with Gasteiger partial charge in [0.15, 0.2) is 0 Å². The van der Waals surface area contributed by atoms with Gasteiger partial charge in [0, 0.05) is 23.9 Å². The monoisotopic (exact) mass is 411 g/mol. The Balaban J connectivity index is 1.55. The number of carbonyl (C=O) groups is 1. The number of aryl methyl sites for hydroxylation is 1. The van der Waals surface area contributed by atoms with Crippen LogP contribution in [0.4, 0.5) is 4.79 Å². The van der Waals surface area contributed by atoms with Crippen LogP contribution in [-0.4, -0.2) is 30.2 Å². The predicted octanol–water partition coefficient (Wildman–Crippen LogP) is 6.77. The second-order valence-electron chi connectivity index (χ2n) is 8.16. The molecule has 29 heavy (non-hydrogen) atoms. The van der Waals surface area contributed by atoms with E-state index in [1.165, 1.54) is 10.5 Å². The van der Waals surface area contributed by atoms with Gasteiger partial charge in [0.05, 0.1) is 4.90 Å². The van der Waals surface area contributed by atoms with Crippen LogP contribution >= 0.6 is 11.8 Å². The molecule has 3 rings (SSSR count). The normalized spacial score (nSPS) is 11.6. The lowest BCUT2D eigenvalue weighted by atomic mass is 10.1. The molecule has 0 saturated carbocycles. The summed E-state index contributed by atoms with van der Waals surface area (Å²) < 4.78 is 11.1. The molecule has 0 spiro atoms. The third-order valence-electron chi connectivity index (χ3n) is 4.53. The topological polar surface area (TPSA) is 42.7 Å². The Hall–Kier alpha value is -2.40. The van der Waals surface area contributed by atoms with Gasteiger partial charge in [-0.1, -0.05) is 42.1 Å². The zero-order valence-electron chi connectivity index (χ0n) is 17.6. The summed E-state index contributed by atoms with van der Waals surface area (Å²) >= 11 is 1.75. The number of amides is 1. The number of hydrogen-bond donors (Lipinski definition) is 0. The van der Waals surface area contributed by atoms with Crippen molar-refractivity contribution >= 4 is 28.8 Å². The average molecular weight is 412 g/mol. The molecule has 0 saturated heterocycles. The Morgan fingerprint density at radius 3 is 2.55 bits per heavy atom. The molecule has 0 N–H and O–H groups in total. The number of ether oxygens (including phenoxy) is 1. The van der Waals surface area contributed by atoms with Crippen molar-refractivity contribution in [2.45, 2.75) is 55.4 Å². The summed E-state index contributed by atoms with van der Waals surface area (Å²) in [7, 11) is 1.79. The standard InChI is InChI=1S/C24H29NO3S/c1-24(2,3)28-23(26)25(4)16-10-9-12-18-11-5-8-15-21(18)29-22-17-27-20-14-7-6-13-19(20)22/h5-8,11,13-15,17H,9-10,12,16H2,1-4H3. The van der Waals surface area contributed by atoms with E-state index in [4.69, 9.17) is 9.15 Å². The Kier molecular flexibility index (Phi) is 6.91. The van der Waals surface area contributed by atoms with Crippen molar-refractivity contribution in [3.8, 4) is 0 Å². The highest BCUT2D eigenvalue weighted by Crippen LogP contribution is 2.36. The lowest BCUT2D eigenvalue weighted by Gasteiger charge is -2.24. The molecule has 0 fully saturated rings. The van der Waals surface area contributed by atoms with Crippen molar-refractivity contribution < 1.29 is 13.9 Å². The van der Waals surface area contributed by atoms with E-state index >= 15 is 0 Å². The summed E-state index contributed by atoms with van der Waals surface area (Å²) in [6, 6.07) is 16.6. The minimum absolute atomic E-state index is 0.264. The van der Waals surface area contributed by atoms with Gasteiger partial charge in [-0.25, -0.2) is 4.79 Å². The second kappa shape index (κ2) is 9.40. The molecular formula is C24H29NO3S. The number of hydrogen-bond acceptors (Lipinski definition) is 4. The van der Waals surface area contributed by atoms with Gasteiger partial charge in [0.2, 0.25) is 0 Å². The lowest BCUT2D eigenvalue weighted by Crippen LogP contribution is -2.34. The Morgan fingerprint density at radius 1 is 1.03 bits per heavy atom. The highest BCUT2D eigenvalue weighted by atomic mass is 32.2. The summed E-state index contributed by atoms with van der Waals surface area (Å²) in [6.07, 6.45) is 4.49. The van der Waals surface area contributed by atoms with Crippen LogP contribution in [-0.2, 0) is 11.2 Å². The van der Waals surface area contributed by atoms with Crippen molar-refractivity contribution in [2.24, 2.45) is 0 Å². The number of nitrogens with zero attached hydrogens (tertiary/aromatic N) is 1. The first kappa shape index (κ1) is 21.3. The fourth-order valence-corrected chi connectivity index (χ4v) is 4.12. The van der Waals surface area contributed by atoms with Crippen LogP contribution in [0.5, 0.6) is 0 Å². The van der Waals surface area contributed by atoms with Gasteiger partial charge in [0.1, 0.15) is 17.4 Å². The van der Waals surface area contributed by atoms with Gasteiger partial charge in [-0.05, 0) is 63.8 Å². The van der Waals surface area contributed by atoms with Crippen LogP contribution < -0.4 is 0 Å². The van der Waals surface area contributed by atoms with E-state index in [0.29, 0.717) is 6.54 Å². The third kappa shape index (κ3) is 6.04. The molecular weight excluding hydrogens is 382 g/mol. The molecule has 1 aromatic heterocycles. The zero-order chi connectivity index (χ0) is 20.9. The highest BCUT2D eigenvalue weighted by Gasteiger charge is 2.19. The van der Waals surface area contributed by atoms with Crippen molar-refractivity contribution in [1.29, 1.82) is 0 Å². The molecule has 154 valence electrons. The first-order chi connectivity index (χ1) is 13.8. The van der Waals surface area contributed by atoms with Crippen LogP contribution in [0.25, 0.3) is 11.0 Å². The first-order valence-electron chi connectivity index (χ1n) is 9.99. The molecule has 1 heterocycles. The maximum Gasteiger partial charge on any atom is 0.410 e. The highest BCUT2D eigenvalue weighted by molar-refractivity contribution is 7.99. The van der Waals surface area contributed by atoms with E-state index in [-0.39, 0.29) is 6.09 Å². The average Bonchev–Trinajstić information content (AvgIpc) is 3.08. The van der Waals surface area contributed by atoms with Crippen molar-refractivity contribution in [3.63, 3.8) is 0 Å². The first-order valence-corrected chi connectivity index (χ1v) is 10.8. The Bertz CT molecular complexity index is 958. The molecule has 0 atom stereocenters. The predicted molar refractivity (Wildman–Crippen MR) is 119 cm³/mol. The number of para-hydroxylation sites is 1. The molecule has 1 amide bonds. The fourth-order valence-electron chi connectivity index (χ4n) is 3.06. The number of furan rings is 1. The molecule has 4 nitrogen and oxygen atoms in total. The summed E-state index contributed by atoms with van der Waals surface area (Å²) in [5.74, 6) is 0. The molecule has 0 unspecified atom stereocenters. The number of unbranched alkanes of at least 4 members (excludes halogenated alkanes) is 1. The Morgan fingerprint density at radius 2 is 1.76 bits per heavy atom. The number of benzene rings is 2. The molecule has 3 aromatic rings. The maximum absolute atomic E-state index is 12.1. The minimum atomic E-state index is -0.460. The molecule has 0 aliphatic rings. The summed E-state index contributed by atoms with van der Waals surface area (Å²) in [5, 5.41) is 1.14. The summed E-state index contributed by atoms with van der Waals surface area (Å²) in [6.45, 7) is 6.35. The van der Waals surface area contributed by atoms with Crippen LogP contribution in [0.2, 0.25) is 0 Å². The van der Waals surface area contributed by atoms with Crippen LogP contribution in [0.1, 0.15) is 39.2 Å². The van der Waals surface area contributed by atoms with E-state index in [2.05, 4.69) is 30.3 Å². The number of rotatable bonds is 7. The molecule has 0 radical (unpaired) electrons. The lowest BCUT2D eigenvalue weighted by molar-refractivity contribution is 0.0296. The summed E-state index contributed by atoms with van der Waals surface area (Å²) in [5.41, 5.74) is 1.78. The van der Waals surface area contributed by atoms with Gasteiger partial charge in [0.25, 0.3) is 0 Å². The van der Waals surface area contributed by atoms with Crippen LogP contribution in [0.15, 0.2) is 69.0 Å². The SMILES string of the molecule is CN(CCCCc1ccccc1Sc1coc2ccccc12)C(=O)OC(C)(C)C. The van der Waals surface area contributed by atoms with Crippen molar-refractivity contribution in [1.82, 2.24) is 4.90 Å². The van der Waals surface area contributed by atoms with E-state index in [1.54, 1.807) is 23.7 Å². The molecule has 2 aromatic carbocycles. The molecule has 5 heteroatoms. The van der Waals surface area contributed by atoms with Gasteiger partial charge >= 0.3 is 6.09 Å². The third-order valence-corrected chi connectivity index (χ3v) is 5.69. The molecule has 0 aliphatic carbocycles. The van der Waals surface area contributed by atoms with Gasteiger partial charge in [-0.2, -0.15) is 0 Å². The molecule has 0 aliphatic heterocycles. The number of fused-ring (bicyclic) bond motifs is 1. The Labute approximate surface area is 177 Å². The zero-order valence-corrected chi connectivity index (χ0v) is 18.4. The quantitative estimate of drug-likeness (QED) is 0.402. The minimum Gasteiger partial charge on any atom is -0.463 e. The van der Waals surface area contributed by atoms with Crippen molar-refractivity contribution in [2.75, 3.05) is 13.6 Å². The summed E-state index contributed by atoms with van der Waals surface area (Å²) in [4.78, 5) is 16.1. The van der Waals surface area contributed by atoms with E-state index < -0.39 is 5.60 Å². The fraction of sp³-hybridized carbons (Fsp3) is 0.375. The van der Waals surface area contributed by atoms with Crippen LogP contribution in [0, 0.1) is 0 Å². The largest absolute Gasteiger partial charge is 0.463 e. The van der Waals surface area contributed by atoms with E-state index in [1.807, 2.05) is 45.2 Å². The maximum atomic E-state index is 12.1. The number of carbonyl (C=O) groups excluding carboxylic acids is 1. The van der Waals surface area contributed by atoms with Crippen LogP contribution in [0.3, 0.4) is 0 Å². The molecule has 0 bridgehead atoms. The smallest absolute Gasteiger partial charge is 0.410 e. The van der Waals surface area contributed by atoms with Gasteiger partial charge < -0.3 is 14.1 Å². The van der Waals surface area contributed by atoms with Crippen molar-refractivity contribution in [3.05, 3.63) is 60.4 Å². The van der Waals surface area contributed by atoms with Gasteiger partial charge in [-0.3, -0.25) is 0 Å².